The van der Waals surface area contributed by atoms with E-state index in [0.717, 1.165) is 17.1 Å². The van der Waals surface area contributed by atoms with Gasteiger partial charge >= 0.3 is 0 Å². The summed E-state index contributed by atoms with van der Waals surface area (Å²) in [6.45, 7) is 2.01. The second-order valence-electron chi connectivity index (χ2n) is 3.93. The third kappa shape index (κ3) is 1.70. The Bertz CT molecular complexity index is 679. The lowest BCUT2D eigenvalue weighted by Gasteiger charge is -2.12. The first-order valence-electron chi connectivity index (χ1n) is 5.50. The van der Waals surface area contributed by atoms with Gasteiger partial charge in [-0.2, -0.15) is 5.10 Å². The summed E-state index contributed by atoms with van der Waals surface area (Å²) in [6, 6.07) is 5.58. The van der Waals surface area contributed by atoms with Gasteiger partial charge in [-0.3, -0.25) is 9.67 Å². The fourth-order valence-electron chi connectivity index (χ4n) is 1.92. The van der Waals surface area contributed by atoms with Gasteiger partial charge in [0.1, 0.15) is 12.0 Å². The molecule has 5 nitrogen and oxygen atoms in total. The molecule has 0 saturated carbocycles. The van der Waals surface area contributed by atoms with E-state index in [4.69, 9.17) is 21.1 Å². The van der Waals surface area contributed by atoms with Crippen LogP contribution in [0.25, 0.3) is 11.4 Å². The first-order chi connectivity index (χ1) is 8.77. The molecule has 0 saturated heterocycles. The lowest BCUT2D eigenvalue weighted by atomic mass is 10.2. The lowest BCUT2D eigenvalue weighted by Crippen LogP contribution is -2.07. The van der Waals surface area contributed by atoms with Crippen molar-refractivity contribution in [3.05, 3.63) is 47.5 Å². The summed E-state index contributed by atoms with van der Waals surface area (Å²) in [5, 5.41) is 7.03. The number of nitrogens with one attached hydrogen (secondary N) is 1. The summed E-state index contributed by atoms with van der Waals surface area (Å²) in [6.07, 6.45) is 4.89. The zero-order valence-electron chi connectivity index (χ0n) is 9.66. The number of aromatic amines is 1. The number of rotatable bonds is 3. The van der Waals surface area contributed by atoms with Crippen LogP contribution in [0, 0.1) is 4.77 Å². The molecule has 3 heterocycles. The monoisotopic (exact) mass is 261 g/mol. The van der Waals surface area contributed by atoms with E-state index >= 15 is 0 Å². The predicted octanol–water partition coefficient (Wildman–Crippen LogP) is 3.40. The third-order valence-electron chi connectivity index (χ3n) is 2.83. The zero-order chi connectivity index (χ0) is 12.5. The summed E-state index contributed by atoms with van der Waals surface area (Å²) >= 11 is 5.27. The van der Waals surface area contributed by atoms with Crippen LogP contribution in [-0.4, -0.2) is 14.8 Å². The summed E-state index contributed by atoms with van der Waals surface area (Å²) in [5.41, 5.74) is 0.876. The Hall–Kier alpha value is -2.08. The Morgan fingerprint density at radius 3 is 2.94 bits per heavy atom. The maximum absolute atomic E-state index is 5.41. The van der Waals surface area contributed by atoms with Crippen LogP contribution < -0.4 is 0 Å². The molecule has 1 unspecified atom stereocenters. The maximum atomic E-state index is 5.41. The van der Waals surface area contributed by atoms with Gasteiger partial charge in [-0.1, -0.05) is 0 Å². The smallest absolute Gasteiger partial charge is 0.196 e. The first-order valence-corrected chi connectivity index (χ1v) is 5.91. The molecule has 0 bridgehead atoms. The van der Waals surface area contributed by atoms with E-state index in [-0.39, 0.29) is 6.04 Å². The largest absolute Gasteiger partial charge is 0.472 e. The topological polar surface area (TPSA) is 59.9 Å². The molecule has 0 fully saturated rings. The number of H-pyrrole nitrogens is 1. The van der Waals surface area contributed by atoms with E-state index < -0.39 is 0 Å². The highest BCUT2D eigenvalue weighted by Gasteiger charge is 2.18. The van der Waals surface area contributed by atoms with Crippen LogP contribution in [-0.2, 0) is 0 Å². The van der Waals surface area contributed by atoms with Gasteiger partial charge in [0.05, 0.1) is 24.1 Å². The van der Waals surface area contributed by atoms with Gasteiger partial charge in [-0.05, 0) is 37.3 Å². The van der Waals surface area contributed by atoms with Crippen molar-refractivity contribution in [2.75, 3.05) is 0 Å². The Balaban J connectivity index is 2.12. The van der Waals surface area contributed by atoms with Crippen LogP contribution in [0.2, 0.25) is 0 Å². The van der Waals surface area contributed by atoms with E-state index in [1.807, 2.05) is 29.7 Å². The van der Waals surface area contributed by atoms with E-state index in [1.54, 1.807) is 18.8 Å². The van der Waals surface area contributed by atoms with E-state index in [2.05, 4.69) is 10.2 Å². The third-order valence-corrected chi connectivity index (χ3v) is 3.11. The molecule has 1 atom stereocenters. The van der Waals surface area contributed by atoms with Gasteiger partial charge in [0.15, 0.2) is 10.6 Å². The molecule has 0 aliphatic carbocycles. The number of hydrogen-bond donors (Lipinski definition) is 1. The van der Waals surface area contributed by atoms with Gasteiger partial charge in [-0.15, -0.1) is 0 Å². The molecule has 18 heavy (non-hydrogen) atoms. The van der Waals surface area contributed by atoms with Crippen molar-refractivity contribution >= 4 is 12.2 Å². The van der Waals surface area contributed by atoms with Crippen LogP contribution in [0.15, 0.2) is 45.8 Å². The molecule has 3 aromatic rings. The van der Waals surface area contributed by atoms with Gasteiger partial charge in [-0.25, -0.2) is 0 Å². The Morgan fingerprint density at radius 2 is 2.28 bits per heavy atom. The molecule has 0 radical (unpaired) electrons. The fraction of sp³-hybridized carbons (Fsp3) is 0.167. The van der Waals surface area contributed by atoms with E-state index in [9.17, 15) is 0 Å². The number of aromatic nitrogens is 3. The Kier molecular flexibility index (Phi) is 2.64. The van der Waals surface area contributed by atoms with Gasteiger partial charge in [0, 0.05) is 0 Å². The standard InChI is InChI=1S/C12H11N3O2S/c1-8(10-3-2-5-17-10)15-11(13-14-12(15)18)9-4-6-16-7-9/h2-8H,1H3,(H,14,18). The molecule has 1 N–H and O–H groups in total. The fourth-order valence-corrected chi connectivity index (χ4v) is 2.21. The quantitative estimate of drug-likeness (QED) is 0.734. The number of nitrogens with zero attached hydrogens (tertiary/aromatic N) is 2. The molecule has 92 valence electrons. The molecule has 0 aromatic carbocycles. The van der Waals surface area contributed by atoms with Crippen LogP contribution in [0.3, 0.4) is 0 Å². The number of furan rings is 2. The van der Waals surface area contributed by atoms with Crippen molar-refractivity contribution in [3.63, 3.8) is 0 Å². The van der Waals surface area contributed by atoms with Crippen molar-refractivity contribution in [1.29, 1.82) is 0 Å². The van der Waals surface area contributed by atoms with Crippen molar-refractivity contribution in [1.82, 2.24) is 14.8 Å². The van der Waals surface area contributed by atoms with Crippen molar-refractivity contribution in [2.45, 2.75) is 13.0 Å². The molecule has 0 amide bonds. The first kappa shape index (κ1) is 11.0. The average Bonchev–Trinajstić information content (AvgIpc) is 3.10. The highest BCUT2D eigenvalue weighted by molar-refractivity contribution is 7.71. The minimum Gasteiger partial charge on any atom is -0.472 e. The molecular formula is C12H11N3O2S. The number of hydrogen-bond acceptors (Lipinski definition) is 4. The summed E-state index contributed by atoms with van der Waals surface area (Å²) in [4.78, 5) is 0. The van der Waals surface area contributed by atoms with E-state index in [1.165, 1.54) is 0 Å². The summed E-state index contributed by atoms with van der Waals surface area (Å²) in [5.74, 6) is 1.56. The zero-order valence-corrected chi connectivity index (χ0v) is 10.5. The molecule has 0 aliphatic heterocycles. The van der Waals surface area contributed by atoms with Crippen LogP contribution in [0.5, 0.6) is 0 Å². The maximum Gasteiger partial charge on any atom is 0.196 e. The van der Waals surface area contributed by atoms with Crippen LogP contribution in [0.4, 0.5) is 0 Å². The SMILES string of the molecule is CC(c1ccco1)n1c(-c2ccoc2)n[nH]c1=S. The van der Waals surface area contributed by atoms with Crippen molar-refractivity contribution < 1.29 is 8.83 Å². The second kappa shape index (κ2) is 4.30. The molecule has 0 aliphatic rings. The molecular weight excluding hydrogens is 250 g/mol. The van der Waals surface area contributed by atoms with Crippen molar-refractivity contribution in [3.8, 4) is 11.4 Å². The minimum atomic E-state index is -0.0313. The summed E-state index contributed by atoms with van der Waals surface area (Å²) in [7, 11) is 0. The van der Waals surface area contributed by atoms with Gasteiger partial charge in [0.2, 0.25) is 0 Å². The summed E-state index contributed by atoms with van der Waals surface area (Å²) < 4.78 is 12.9. The second-order valence-corrected chi connectivity index (χ2v) is 4.31. The van der Waals surface area contributed by atoms with Crippen LogP contribution >= 0.6 is 12.2 Å². The normalized spacial score (nSPS) is 12.7. The van der Waals surface area contributed by atoms with Crippen molar-refractivity contribution in [2.24, 2.45) is 0 Å². The molecule has 6 heteroatoms. The highest BCUT2D eigenvalue weighted by atomic mass is 32.1. The lowest BCUT2D eigenvalue weighted by molar-refractivity contribution is 0.445. The highest BCUT2D eigenvalue weighted by Crippen LogP contribution is 2.25. The van der Waals surface area contributed by atoms with Crippen LogP contribution in [0.1, 0.15) is 18.7 Å². The van der Waals surface area contributed by atoms with Gasteiger partial charge < -0.3 is 8.83 Å². The Morgan fingerprint density at radius 1 is 1.39 bits per heavy atom. The molecule has 3 aromatic heterocycles. The van der Waals surface area contributed by atoms with Gasteiger partial charge in [0.25, 0.3) is 0 Å². The molecule has 3 rings (SSSR count). The average molecular weight is 261 g/mol. The molecule has 0 spiro atoms. The minimum absolute atomic E-state index is 0.0313. The Labute approximate surface area is 108 Å². The van der Waals surface area contributed by atoms with E-state index in [0.29, 0.717) is 4.77 Å². The predicted molar refractivity (Wildman–Crippen MR) is 67.6 cm³/mol.